The summed E-state index contributed by atoms with van der Waals surface area (Å²) in [4.78, 5) is 7.77. The highest BCUT2D eigenvalue weighted by Crippen LogP contribution is 2.07. The standard InChI is InChI=1S/C11H11N5O/c1-2-8-5-9(17-16-8)7-14-10-3-4-13-11(6-12)15-10/h3-5H,2,7H2,1H3,(H,13,14,15). The second-order valence-corrected chi connectivity index (χ2v) is 3.37. The lowest BCUT2D eigenvalue weighted by Gasteiger charge is -2.01. The molecule has 0 bridgehead atoms. The summed E-state index contributed by atoms with van der Waals surface area (Å²) in [5.74, 6) is 1.46. The molecule has 0 atom stereocenters. The van der Waals surface area contributed by atoms with E-state index >= 15 is 0 Å². The average Bonchev–Trinajstić information content (AvgIpc) is 2.84. The summed E-state index contributed by atoms with van der Waals surface area (Å²) < 4.78 is 5.11. The highest BCUT2D eigenvalue weighted by atomic mass is 16.5. The maximum atomic E-state index is 8.65. The van der Waals surface area contributed by atoms with Crippen molar-refractivity contribution in [2.75, 3.05) is 5.32 Å². The maximum Gasteiger partial charge on any atom is 0.234 e. The molecule has 0 aliphatic carbocycles. The smallest absolute Gasteiger partial charge is 0.234 e. The van der Waals surface area contributed by atoms with Gasteiger partial charge in [0.15, 0.2) is 5.76 Å². The molecule has 0 fully saturated rings. The van der Waals surface area contributed by atoms with E-state index < -0.39 is 0 Å². The number of nitrogens with one attached hydrogen (secondary N) is 1. The zero-order chi connectivity index (χ0) is 12.1. The summed E-state index contributed by atoms with van der Waals surface area (Å²) in [7, 11) is 0. The van der Waals surface area contributed by atoms with Gasteiger partial charge in [0.2, 0.25) is 5.82 Å². The molecule has 6 heteroatoms. The minimum Gasteiger partial charge on any atom is -0.363 e. The monoisotopic (exact) mass is 229 g/mol. The molecule has 0 saturated carbocycles. The van der Waals surface area contributed by atoms with E-state index in [1.165, 1.54) is 6.20 Å². The molecule has 2 rings (SSSR count). The van der Waals surface area contributed by atoms with E-state index in [0.29, 0.717) is 12.4 Å². The minimum atomic E-state index is 0.141. The van der Waals surface area contributed by atoms with Crippen LogP contribution in [0, 0.1) is 11.3 Å². The number of rotatable bonds is 4. The van der Waals surface area contributed by atoms with E-state index in [2.05, 4.69) is 20.4 Å². The van der Waals surface area contributed by atoms with Crippen molar-refractivity contribution in [1.29, 1.82) is 5.26 Å². The first-order valence-corrected chi connectivity index (χ1v) is 5.23. The van der Waals surface area contributed by atoms with Gasteiger partial charge in [0.05, 0.1) is 12.2 Å². The molecule has 86 valence electrons. The lowest BCUT2D eigenvalue weighted by atomic mass is 10.3. The van der Waals surface area contributed by atoms with Crippen LogP contribution >= 0.6 is 0 Å². The van der Waals surface area contributed by atoms with E-state index in [4.69, 9.17) is 9.78 Å². The van der Waals surface area contributed by atoms with Crippen molar-refractivity contribution in [2.45, 2.75) is 19.9 Å². The van der Waals surface area contributed by atoms with E-state index in [9.17, 15) is 0 Å². The van der Waals surface area contributed by atoms with Crippen LogP contribution in [0.4, 0.5) is 5.82 Å². The van der Waals surface area contributed by atoms with Crippen LogP contribution in [0.15, 0.2) is 22.9 Å². The van der Waals surface area contributed by atoms with E-state index in [0.717, 1.165) is 17.9 Å². The summed E-state index contributed by atoms with van der Waals surface area (Å²) in [6, 6.07) is 5.46. The number of nitrogens with zero attached hydrogens (tertiary/aromatic N) is 4. The predicted molar refractivity (Wildman–Crippen MR) is 60.0 cm³/mol. The maximum absolute atomic E-state index is 8.65. The minimum absolute atomic E-state index is 0.141. The number of aryl methyl sites for hydroxylation is 1. The van der Waals surface area contributed by atoms with Gasteiger partial charge in [-0.1, -0.05) is 12.1 Å². The summed E-state index contributed by atoms with van der Waals surface area (Å²) in [5, 5.41) is 15.6. The molecule has 1 N–H and O–H groups in total. The van der Waals surface area contributed by atoms with Gasteiger partial charge in [-0.25, -0.2) is 9.97 Å². The molecule has 17 heavy (non-hydrogen) atoms. The number of aromatic nitrogens is 3. The molecule has 6 nitrogen and oxygen atoms in total. The van der Waals surface area contributed by atoms with Crippen molar-refractivity contribution in [1.82, 2.24) is 15.1 Å². The zero-order valence-corrected chi connectivity index (χ0v) is 9.34. The van der Waals surface area contributed by atoms with Crippen LogP contribution < -0.4 is 5.32 Å². The molecule has 2 heterocycles. The average molecular weight is 229 g/mol. The second-order valence-electron chi connectivity index (χ2n) is 3.37. The highest BCUT2D eigenvalue weighted by molar-refractivity contribution is 5.35. The third kappa shape index (κ3) is 2.78. The molecule has 0 spiro atoms. The van der Waals surface area contributed by atoms with Crippen molar-refractivity contribution in [3.05, 3.63) is 35.6 Å². The molecule has 2 aromatic heterocycles. The normalized spacial score (nSPS) is 9.88. The quantitative estimate of drug-likeness (QED) is 0.854. The predicted octanol–water partition coefficient (Wildman–Crippen LogP) is 1.51. The van der Waals surface area contributed by atoms with Gasteiger partial charge in [-0.05, 0) is 12.5 Å². The largest absolute Gasteiger partial charge is 0.363 e. The highest BCUT2D eigenvalue weighted by Gasteiger charge is 2.03. The van der Waals surface area contributed by atoms with Crippen LogP contribution in [-0.2, 0) is 13.0 Å². The van der Waals surface area contributed by atoms with Crippen LogP contribution in [0.3, 0.4) is 0 Å². The third-order valence-corrected chi connectivity index (χ3v) is 2.17. The molecule has 0 aromatic carbocycles. The van der Waals surface area contributed by atoms with Crippen molar-refractivity contribution in [3.63, 3.8) is 0 Å². The molecular formula is C11H11N5O. The van der Waals surface area contributed by atoms with Gasteiger partial charge in [0.25, 0.3) is 0 Å². The van der Waals surface area contributed by atoms with E-state index in [1.807, 2.05) is 19.1 Å². The number of nitriles is 1. The summed E-state index contributed by atoms with van der Waals surface area (Å²) >= 11 is 0. The topological polar surface area (TPSA) is 87.6 Å². The van der Waals surface area contributed by atoms with Crippen molar-refractivity contribution in [3.8, 4) is 6.07 Å². The van der Waals surface area contributed by atoms with Crippen LogP contribution in [0.1, 0.15) is 24.2 Å². The Hall–Kier alpha value is -2.42. The van der Waals surface area contributed by atoms with Gasteiger partial charge >= 0.3 is 0 Å². The SMILES string of the molecule is CCc1cc(CNc2ccnc(C#N)n2)on1. The van der Waals surface area contributed by atoms with Gasteiger partial charge < -0.3 is 9.84 Å². The fourth-order valence-corrected chi connectivity index (χ4v) is 1.29. The van der Waals surface area contributed by atoms with Gasteiger partial charge in [0.1, 0.15) is 11.9 Å². The first-order chi connectivity index (χ1) is 8.31. The van der Waals surface area contributed by atoms with Gasteiger partial charge in [-0.3, -0.25) is 0 Å². The summed E-state index contributed by atoms with van der Waals surface area (Å²) in [6.45, 7) is 2.49. The molecule has 2 aromatic rings. The van der Waals surface area contributed by atoms with Crippen molar-refractivity contribution < 1.29 is 4.52 Å². The van der Waals surface area contributed by atoms with Crippen LogP contribution in [0.5, 0.6) is 0 Å². The Morgan fingerprint density at radius 3 is 3.12 bits per heavy atom. The molecular weight excluding hydrogens is 218 g/mol. The first kappa shape index (κ1) is 11.1. The Labute approximate surface area is 98.3 Å². The Kier molecular flexibility index (Phi) is 3.31. The summed E-state index contributed by atoms with van der Waals surface area (Å²) in [6.07, 6.45) is 2.38. The van der Waals surface area contributed by atoms with Crippen LogP contribution in [-0.4, -0.2) is 15.1 Å². The Balaban J connectivity index is 1.99. The van der Waals surface area contributed by atoms with Gasteiger partial charge in [-0.2, -0.15) is 5.26 Å². The van der Waals surface area contributed by atoms with Gasteiger partial charge in [-0.15, -0.1) is 0 Å². The molecule has 0 radical (unpaired) electrons. The Morgan fingerprint density at radius 2 is 2.41 bits per heavy atom. The van der Waals surface area contributed by atoms with Crippen molar-refractivity contribution >= 4 is 5.82 Å². The molecule has 0 unspecified atom stereocenters. The van der Waals surface area contributed by atoms with Crippen LogP contribution in [0.25, 0.3) is 0 Å². The fourth-order valence-electron chi connectivity index (χ4n) is 1.29. The van der Waals surface area contributed by atoms with E-state index in [1.54, 1.807) is 6.07 Å². The number of anilines is 1. The molecule has 0 saturated heterocycles. The summed E-state index contributed by atoms with van der Waals surface area (Å²) in [5.41, 5.74) is 0.919. The number of hydrogen-bond donors (Lipinski definition) is 1. The molecule has 0 aliphatic rings. The number of hydrogen-bond acceptors (Lipinski definition) is 6. The second kappa shape index (κ2) is 5.07. The van der Waals surface area contributed by atoms with E-state index in [-0.39, 0.29) is 5.82 Å². The fraction of sp³-hybridized carbons (Fsp3) is 0.273. The third-order valence-electron chi connectivity index (χ3n) is 2.17. The van der Waals surface area contributed by atoms with Crippen LogP contribution in [0.2, 0.25) is 0 Å². The Morgan fingerprint density at radius 1 is 1.53 bits per heavy atom. The molecule has 0 aliphatic heterocycles. The lowest BCUT2D eigenvalue weighted by Crippen LogP contribution is -2.02. The van der Waals surface area contributed by atoms with Crippen molar-refractivity contribution in [2.24, 2.45) is 0 Å². The first-order valence-electron chi connectivity index (χ1n) is 5.23. The zero-order valence-electron chi connectivity index (χ0n) is 9.34. The Bertz CT molecular complexity index is 543. The molecule has 0 amide bonds. The van der Waals surface area contributed by atoms with Gasteiger partial charge in [0, 0.05) is 12.3 Å². The lowest BCUT2D eigenvalue weighted by molar-refractivity contribution is 0.382.